The number of nitro benzene ring substituents is 2. The maximum absolute atomic E-state index is 13.8. The smallest absolute Gasteiger partial charge is 0.317 e. The van der Waals surface area contributed by atoms with E-state index in [-0.39, 0.29) is 35.7 Å². The fraction of sp³-hybridized carbons (Fsp3) is 0.259. The van der Waals surface area contributed by atoms with E-state index < -0.39 is 61.9 Å². The van der Waals surface area contributed by atoms with E-state index in [1.807, 2.05) is 0 Å². The second-order valence-corrected chi connectivity index (χ2v) is 8.79. The first-order chi connectivity index (χ1) is 21.0. The minimum Gasteiger partial charge on any atom is -0.466 e. The van der Waals surface area contributed by atoms with Gasteiger partial charge in [-0.3, -0.25) is 44.7 Å². The maximum Gasteiger partial charge on any atom is 0.317 e. The molecule has 0 N–H and O–H groups in total. The fourth-order valence-electron chi connectivity index (χ4n) is 4.13. The van der Waals surface area contributed by atoms with Gasteiger partial charge in [-0.1, -0.05) is 0 Å². The van der Waals surface area contributed by atoms with Crippen LogP contribution in [0.1, 0.15) is 35.8 Å². The minimum absolute atomic E-state index is 0.0433. The predicted molar refractivity (Wildman–Crippen MR) is 149 cm³/mol. The van der Waals surface area contributed by atoms with Gasteiger partial charge in [0.2, 0.25) is 0 Å². The Hall–Kier alpha value is -6.00. The third-order valence-electron chi connectivity index (χ3n) is 6.13. The predicted octanol–water partition coefficient (Wildman–Crippen LogP) is 4.87. The molecule has 3 unspecified atom stereocenters. The number of nitrogens with zero attached hydrogens (tertiary/aromatic N) is 6. The summed E-state index contributed by atoms with van der Waals surface area (Å²) in [5, 5.41) is 41.9. The molecule has 44 heavy (non-hydrogen) atoms. The van der Waals surface area contributed by atoms with E-state index >= 15 is 0 Å². The molecule has 0 spiro atoms. The lowest BCUT2D eigenvalue weighted by atomic mass is 9.78. The molecule has 0 aliphatic heterocycles. The number of azo groups is 1. The molecule has 1 heterocycles. The zero-order valence-electron chi connectivity index (χ0n) is 23.2. The monoisotopic (exact) mass is 608 g/mol. The molecule has 0 saturated heterocycles. The van der Waals surface area contributed by atoms with Gasteiger partial charge in [-0.05, 0) is 49.7 Å². The zero-order chi connectivity index (χ0) is 32.4. The van der Waals surface area contributed by atoms with Gasteiger partial charge in [-0.2, -0.15) is 5.11 Å². The number of nitro groups is 3. The summed E-state index contributed by atoms with van der Waals surface area (Å²) in [5.74, 6) is -7.53. The molecule has 0 fully saturated rings. The third-order valence-corrected chi connectivity index (χ3v) is 6.13. The van der Waals surface area contributed by atoms with E-state index in [2.05, 4.69) is 15.2 Å². The van der Waals surface area contributed by atoms with Crippen LogP contribution in [0.15, 0.2) is 77.1 Å². The molecule has 0 aliphatic carbocycles. The highest BCUT2D eigenvalue weighted by Gasteiger charge is 2.47. The fourth-order valence-corrected chi connectivity index (χ4v) is 4.13. The van der Waals surface area contributed by atoms with Crippen LogP contribution in [0, 0.1) is 42.2 Å². The van der Waals surface area contributed by atoms with Gasteiger partial charge in [-0.15, -0.1) is 5.11 Å². The number of carbonyl (C=O) groups is 3. The second kappa shape index (κ2) is 14.8. The van der Waals surface area contributed by atoms with Gasteiger partial charge in [0.25, 0.3) is 17.2 Å². The molecule has 228 valence electrons. The number of aromatic nitrogens is 1. The Bertz CT molecular complexity index is 1590. The minimum atomic E-state index is -1.96. The Kier molecular flexibility index (Phi) is 10.9. The first-order valence-corrected chi connectivity index (χ1v) is 12.9. The molecule has 1 aromatic heterocycles. The van der Waals surface area contributed by atoms with Crippen LogP contribution in [-0.2, 0) is 19.1 Å². The number of pyridine rings is 1. The van der Waals surface area contributed by atoms with Crippen LogP contribution < -0.4 is 0 Å². The lowest BCUT2D eigenvalue weighted by Crippen LogP contribution is -2.41. The maximum atomic E-state index is 13.8. The number of rotatable bonds is 14. The highest BCUT2D eigenvalue weighted by molar-refractivity contribution is 6.11. The highest BCUT2D eigenvalue weighted by atomic mass is 16.6. The summed E-state index contributed by atoms with van der Waals surface area (Å²) >= 11 is 0. The lowest BCUT2D eigenvalue weighted by molar-refractivity contribution is -0.385. The number of carbonyl (C=O) groups excluding carboxylic acids is 3. The van der Waals surface area contributed by atoms with E-state index in [0.29, 0.717) is 0 Å². The Morgan fingerprint density at radius 3 is 1.86 bits per heavy atom. The average molecular weight is 609 g/mol. The molecule has 0 amide bonds. The third kappa shape index (κ3) is 7.64. The molecule has 0 bridgehead atoms. The zero-order valence-corrected chi connectivity index (χ0v) is 23.2. The first-order valence-electron chi connectivity index (χ1n) is 12.9. The number of esters is 2. The van der Waals surface area contributed by atoms with Crippen LogP contribution in [0.2, 0.25) is 0 Å². The Labute approximate surface area is 248 Å². The summed E-state index contributed by atoms with van der Waals surface area (Å²) in [4.78, 5) is 76.4. The van der Waals surface area contributed by atoms with Gasteiger partial charge in [0, 0.05) is 42.1 Å². The van der Waals surface area contributed by atoms with E-state index in [9.17, 15) is 44.7 Å². The van der Waals surface area contributed by atoms with Crippen molar-refractivity contribution in [2.75, 3.05) is 13.2 Å². The largest absolute Gasteiger partial charge is 0.466 e. The van der Waals surface area contributed by atoms with Crippen molar-refractivity contribution in [3.63, 3.8) is 0 Å². The number of ketones is 1. The number of hydrogen-bond acceptors (Lipinski definition) is 14. The molecule has 3 aromatic rings. The van der Waals surface area contributed by atoms with E-state index in [0.717, 1.165) is 42.5 Å². The van der Waals surface area contributed by atoms with Crippen molar-refractivity contribution < 1.29 is 38.6 Å². The van der Waals surface area contributed by atoms with Crippen LogP contribution in [0.5, 0.6) is 0 Å². The first kappa shape index (κ1) is 32.5. The molecular weight excluding hydrogens is 584 g/mol. The number of non-ortho nitro benzene ring substituents is 2. The molecule has 2 aromatic carbocycles. The highest BCUT2D eigenvalue weighted by Crippen LogP contribution is 2.38. The van der Waals surface area contributed by atoms with Crippen LogP contribution in [0.4, 0.5) is 22.9 Å². The van der Waals surface area contributed by atoms with E-state index in [1.165, 1.54) is 38.2 Å². The van der Waals surface area contributed by atoms with E-state index in [1.54, 1.807) is 0 Å². The number of Topliss-reactive ketones (excluding diaryl/α,β-unsaturated/α-hetero) is 1. The van der Waals surface area contributed by atoms with Crippen molar-refractivity contribution in [2.24, 2.45) is 22.1 Å². The molecule has 17 nitrogen and oxygen atoms in total. The summed E-state index contributed by atoms with van der Waals surface area (Å²) < 4.78 is 10.3. The normalized spacial score (nSPS) is 13.0. The van der Waals surface area contributed by atoms with Gasteiger partial charge in [0.1, 0.15) is 17.9 Å². The van der Waals surface area contributed by atoms with Crippen molar-refractivity contribution in [2.45, 2.75) is 19.9 Å². The molecule has 0 aliphatic rings. The van der Waals surface area contributed by atoms with Crippen molar-refractivity contribution in [1.82, 2.24) is 4.98 Å². The van der Waals surface area contributed by atoms with Crippen molar-refractivity contribution >= 4 is 40.6 Å². The second-order valence-electron chi connectivity index (χ2n) is 8.79. The lowest BCUT2D eigenvalue weighted by Gasteiger charge is -2.27. The van der Waals surface area contributed by atoms with Crippen molar-refractivity contribution in [3.05, 3.63) is 108 Å². The van der Waals surface area contributed by atoms with Crippen LogP contribution in [-0.4, -0.2) is 50.7 Å². The summed E-state index contributed by atoms with van der Waals surface area (Å²) in [5.41, 5.74) is -1.37. The Balaban J connectivity index is 2.28. The SMILES string of the molecule is CCOC(=O)C(C(=O)c1ccc([N+](=O)[O-])cc1)C(C(=O)OCC)C(N=Nc1ncccc1[N+](=O)[O-])c1ccc([N+](=O)[O-])cc1. The molecular formula is C27H24N6O11. The van der Waals surface area contributed by atoms with Gasteiger partial charge >= 0.3 is 17.6 Å². The van der Waals surface area contributed by atoms with Gasteiger partial charge < -0.3 is 9.47 Å². The van der Waals surface area contributed by atoms with Gasteiger partial charge in [0.15, 0.2) is 5.78 Å². The number of benzene rings is 2. The van der Waals surface area contributed by atoms with Crippen molar-refractivity contribution in [1.29, 1.82) is 0 Å². The topological polar surface area (TPSA) is 237 Å². The molecule has 17 heteroatoms. The van der Waals surface area contributed by atoms with E-state index in [4.69, 9.17) is 9.47 Å². The molecule has 0 radical (unpaired) electrons. The number of ether oxygens (including phenoxy) is 2. The summed E-state index contributed by atoms with van der Waals surface area (Å²) in [6.45, 7) is 2.51. The standard InChI is InChI=1S/C27H24N6O11/c1-3-43-26(35)21(22(27(36)44-4-2)24(34)17-9-13-19(14-10-17)32(39)40)23(16-7-11-18(12-8-16)31(37)38)29-30-25-20(33(41)42)6-5-15-28-25/h5-15,21-23H,3-4H2,1-2H3. The molecule has 3 atom stereocenters. The van der Waals surface area contributed by atoms with Crippen LogP contribution >= 0.6 is 0 Å². The molecule has 3 rings (SSSR count). The van der Waals surface area contributed by atoms with Crippen LogP contribution in [0.3, 0.4) is 0 Å². The van der Waals surface area contributed by atoms with Crippen molar-refractivity contribution in [3.8, 4) is 0 Å². The van der Waals surface area contributed by atoms with Gasteiger partial charge in [-0.25, -0.2) is 4.98 Å². The Morgan fingerprint density at radius 2 is 1.34 bits per heavy atom. The summed E-state index contributed by atoms with van der Waals surface area (Å²) in [6, 6.07) is 9.61. The summed E-state index contributed by atoms with van der Waals surface area (Å²) in [6.07, 6.45) is 1.20. The summed E-state index contributed by atoms with van der Waals surface area (Å²) in [7, 11) is 0. The number of hydrogen-bond donors (Lipinski definition) is 0. The quantitative estimate of drug-likeness (QED) is 0.0594. The Morgan fingerprint density at radius 1 is 0.795 bits per heavy atom. The molecule has 0 saturated carbocycles. The average Bonchev–Trinajstić information content (AvgIpc) is 3.00. The van der Waals surface area contributed by atoms with Crippen LogP contribution in [0.25, 0.3) is 0 Å². The van der Waals surface area contributed by atoms with Gasteiger partial charge in [0.05, 0.1) is 28.0 Å².